The molecule has 0 aliphatic heterocycles. The third-order valence-corrected chi connectivity index (χ3v) is 2.99. The van der Waals surface area contributed by atoms with Gasteiger partial charge in [-0.15, -0.1) is 0 Å². The molecule has 0 radical (unpaired) electrons. The van der Waals surface area contributed by atoms with Crippen molar-refractivity contribution in [2.45, 2.75) is 20.5 Å². The molecule has 0 saturated heterocycles. The van der Waals surface area contributed by atoms with E-state index in [0.29, 0.717) is 22.1 Å². The van der Waals surface area contributed by atoms with E-state index in [9.17, 15) is 4.79 Å². The van der Waals surface area contributed by atoms with Gasteiger partial charge in [0.05, 0.1) is 0 Å². The van der Waals surface area contributed by atoms with E-state index >= 15 is 0 Å². The number of benzene rings is 1. The van der Waals surface area contributed by atoms with Crippen molar-refractivity contribution in [3.8, 4) is 5.75 Å². The standard InChI is InChI=1S/C14H13ClO4/c1-8-5-11(15)3-4-12(8)18-7-10-6-13(14(16)17)19-9(10)2/h3-6H,7H2,1-2H3,(H,16,17). The van der Waals surface area contributed by atoms with Crippen LogP contribution in [0.2, 0.25) is 5.02 Å². The zero-order valence-electron chi connectivity index (χ0n) is 10.6. The molecule has 1 aromatic heterocycles. The average molecular weight is 281 g/mol. The molecule has 1 aromatic carbocycles. The molecule has 1 heterocycles. The van der Waals surface area contributed by atoms with Crippen LogP contribution < -0.4 is 4.74 Å². The highest BCUT2D eigenvalue weighted by Gasteiger charge is 2.13. The van der Waals surface area contributed by atoms with E-state index < -0.39 is 5.97 Å². The normalized spacial score (nSPS) is 10.5. The van der Waals surface area contributed by atoms with Gasteiger partial charge in [-0.3, -0.25) is 0 Å². The molecule has 0 aliphatic carbocycles. The highest BCUT2D eigenvalue weighted by Crippen LogP contribution is 2.24. The summed E-state index contributed by atoms with van der Waals surface area (Å²) in [4.78, 5) is 10.8. The summed E-state index contributed by atoms with van der Waals surface area (Å²) in [5.41, 5.74) is 1.64. The molecular formula is C14H13ClO4. The van der Waals surface area contributed by atoms with Crippen molar-refractivity contribution in [1.29, 1.82) is 0 Å². The van der Waals surface area contributed by atoms with Crippen molar-refractivity contribution in [2.75, 3.05) is 0 Å². The Morgan fingerprint density at radius 2 is 2.11 bits per heavy atom. The quantitative estimate of drug-likeness (QED) is 0.925. The van der Waals surface area contributed by atoms with Crippen LogP contribution in [0.5, 0.6) is 5.75 Å². The predicted molar refractivity (Wildman–Crippen MR) is 70.9 cm³/mol. The second-order valence-electron chi connectivity index (χ2n) is 4.20. The van der Waals surface area contributed by atoms with Gasteiger partial charge in [-0.2, -0.15) is 0 Å². The molecule has 5 heteroatoms. The Kier molecular flexibility index (Phi) is 3.81. The zero-order chi connectivity index (χ0) is 14.0. The fourth-order valence-electron chi connectivity index (χ4n) is 1.70. The first-order chi connectivity index (χ1) is 8.97. The molecule has 2 rings (SSSR count). The number of carboxylic acids is 1. The monoisotopic (exact) mass is 280 g/mol. The topological polar surface area (TPSA) is 59.7 Å². The predicted octanol–water partition coefficient (Wildman–Crippen LogP) is 3.83. The average Bonchev–Trinajstić information content (AvgIpc) is 2.70. The largest absolute Gasteiger partial charge is 0.489 e. The van der Waals surface area contributed by atoms with Gasteiger partial charge in [0.2, 0.25) is 5.76 Å². The smallest absolute Gasteiger partial charge is 0.371 e. The molecule has 0 spiro atoms. The Labute approximate surface area is 115 Å². The fourth-order valence-corrected chi connectivity index (χ4v) is 1.93. The van der Waals surface area contributed by atoms with Gasteiger partial charge in [0.25, 0.3) is 0 Å². The molecule has 2 aromatic rings. The van der Waals surface area contributed by atoms with Crippen molar-refractivity contribution in [1.82, 2.24) is 0 Å². The van der Waals surface area contributed by atoms with Gasteiger partial charge in [-0.05, 0) is 43.7 Å². The van der Waals surface area contributed by atoms with Crippen LogP contribution in [0.15, 0.2) is 28.7 Å². The molecule has 4 nitrogen and oxygen atoms in total. The highest BCUT2D eigenvalue weighted by molar-refractivity contribution is 6.30. The van der Waals surface area contributed by atoms with E-state index in [1.165, 1.54) is 6.07 Å². The summed E-state index contributed by atoms with van der Waals surface area (Å²) in [5, 5.41) is 9.48. The number of halogens is 1. The van der Waals surface area contributed by atoms with Crippen molar-refractivity contribution in [2.24, 2.45) is 0 Å². The Bertz CT molecular complexity index is 616. The van der Waals surface area contributed by atoms with Crippen molar-refractivity contribution in [3.63, 3.8) is 0 Å². The summed E-state index contributed by atoms with van der Waals surface area (Å²) < 4.78 is 10.8. The van der Waals surface area contributed by atoms with Gasteiger partial charge >= 0.3 is 5.97 Å². The minimum atomic E-state index is -1.09. The first kappa shape index (κ1) is 13.5. The molecule has 0 saturated carbocycles. The number of carbonyl (C=O) groups is 1. The summed E-state index contributed by atoms with van der Waals surface area (Å²) in [6, 6.07) is 6.81. The molecule has 0 amide bonds. The van der Waals surface area contributed by atoms with Crippen LogP contribution in [0, 0.1) is 13.8 Å². The third-order valence-electron chi connectivity index (χ3n) is 2.75. The van der Waals surface area contributed by atoms with Crippen LogP contribution in [0.4, 0.5) is 0 Å². The summed E-state index contributed by atoms with van der Waals surface area (Å²) in [6.07, 6.45) is 0. The van der Waals surface area contributed by atoms with Gasteiger partial charge in [0.15, 0.2) is 0 Å². The molecule has 0 unspecified atom stereocenters. The van der Waals surface area contributed by atoms with E-state index in [0.717, 1.165) is 5.56 Å². The van der Waals surface area contributed by atoms with Crippen molar-refractivity contribution < 1.29 is 19.1 Å². The number of rotatable bonds is 4. The minimum absolute atomic E-state index is 0.0797. The van der Waals surface area contributed by atoms with Gasteiger partial charge in [0, 0.05) is 10.6 Å². The Hall–Kier alpha value is -1.94. The van der Waals surface area contributed by atoms with E-state index in [-0.39, 0.29) is 12.4 Å². The van der Waals surface area contributed by atoms with Crippen molar-refractivity contribution >= 4 is 17.6 Å². The van der Waals surface area contributed by atoms with E-state index in [1.807, 2.05) is 13.0 Å². The molecule has 0 atom stereocenters. The van der Waals surface area contributed by atoms with E-state index in [2.05, 4.69) is 0 Å². The number of hydrogen-bond acceptors (Lipinski definition) is 3. The lowest BCUT2D eigenvalue weighted by molar-refractivity contribution is 0.0661. The highest BCUT2D eigenvalue weighted by atomic mass is 35.5. The maximum Gasteiger partial charge on any atom is 0.371 e. The van der Waals surface area contributed by atoms with E-state index in [4.69, 9.17) is 25.9 Å². The van der Waals surface area contributed by atoms with Gasteiger partial charge < -0.3 is 14.3 Å². The van der Waals surface area contributed by atoms with Gasteiger partial charge in [0.1, 0.15) is 18.1 Å². The number of furan rings is 1. The maximum absolute atomic E-state index is 10.8. The summed E-state index contributed by atoms with van der Waals surface area (Å²) >= 11 is 5.86. The number of aryl methyl sites for hydroxylation is 2. The number of aromatic carboxylic acids is 1. The molecule has 0 aliphatic rings. The lowest BCUT2D eigenvalue weighted by Gasteiger charge is -2.08. The first-order valence-corrected chi connectivity index (χ1v) is 6.06. The molecular weight excluding hydrogens is 268 g/mol. The summed E-state index contributed by atoms with van der Waals surface area (Å²) in [6.45, 7) is 3.86. The van der Waals surface area contributed by atoms with Crippen LogP contribution in [0.3, 0.4) is 0 Å². The minimum Gasteiger partial charge on any atom is -0.489 e. The Morgan fingerprint density at radius 1 is 1.37 bits per heavy atom. The van der Waals surface area contributed by atoms with Crippen LogP contribution in [-0.4, -0.2) is 11.1 Å². The lowest BCUT2D eigenvalue weighted by Crippen LogP contribution is -1.97. The SMILES string of the molecule is Cc1cc(Cl)ccc1OCc1cc(C(=O)O)oc1C. The number of carboxylic acid groups (broad SMARTS) is 1. The van der Waals surface area contributed by atoms with Crippen molar-refractivity contribution in [3.05, 3.63) is 51.9 Å². The van der Waals surface area contributed by atoms with Gasteiger partial charge in [-0.1, -0.05) is 11.6 Å². The van der Waals surface area contributed by atoms with E-state index in [1.54, 1.807) is 19.1 Å². The molecule has 1 N–H and O–H groups in total. The second-order valence-corrected chi connectivity index (χ2v) is 4.63. The summed E-state index contributed by atoms with van der Waals surface area (Å²) in [5.74, 6) is 0.0897. The Balaban J connectivity index is 2.12. The fraction of sp³-hybridized carbons (Fsp3) is 0.214. The Morgan fingerprint density at radius 3 is 2.68 bits per heavy atom. The molecule has 19 heavy (non-hydrogen) atoms. The molecule has 100 valence electrons. The molecule has 0 fully saturated rings. The van der Waals surface area contributed by atoms with Gasteiger partial charge in [-0.25, -0.2) is 4.79 Å². The van der Waals surface area contributed by atoms with Crippen LogP contribution in [0.1, 0.15) is 27.4 Å². The number of hydrogen-bond donors (Lipinski definition) is 1. The third kappa shape index (κ3) is 3.09. The zero-order valence-corrected chi connectivity index (χ0v) is 11.3. The number of ether oxygens (including phenoxy) is 1. The summed E-state index contributed by atoms with van der Waals surface area (Å²) in [7, 11) is 0. The molecule has 0 bridgehead atoms. The van der Waals surface area contributed by atoms with Crippen LogP contribution >= 0.6 is 11.6 Å². The van der Waals surface area contributed by atoms with Crippen LogP contribution in [0.25, 0.3) is 0 Å². The lowest BCUT2D eigenvalue weighted by atomic mass is 10.2. The first-order valence-electron chi connectivity index (χ1n) is 5.69. The van der Waals surface area contributed by atoms with Crippen LogP contribution in [-0.2, 0) is 6.61 Å². The maximum atomic E-state index is 10.8. The second kappa shape index (κ2) is 5.36.